The van der Waals surface area contributed by atoms with Gasteiger partial charge in [-0.25, -0.2) is 8.42 Å². The number of rotatable bonds is 7. The zero-order valence-corrected chi connectivity index (χ0v) is 15.6. The van der Waals surface area contributed by atoms with Crippen molar-refractivity contribution in [1.29, 1.82) is 0 Å². The number of nitrogens with one attached hydrogen (secondary N) is 1. The molecule has 6 heteroatoms. The first-order chi connectivity index (χ1) is 11.8. The van der Waals surface area contributed by atoms with Crippen LogP contribution >= 0.6 is 0 Å². The average molecular weight is 360 g/mol. The summed E-state index contributed by atoms with van der Waals surface area (Å²) in [4.78, 5) is 12.3. The van der Waals surface area contributed by atoms with Gasteiger partial charge in [0, 0.05) is 25.2 Å². The number of carbonyl (C=O) groups excluding carboxylic acids is 1. The molecule has 2 aromatic rings. The molecule has 0 aromatic heterocycles. The van der Waals surface area contributed by atoms with Crippen molar-refractivity contribution >= 4 is 15.9 Å². The maximum absolute atomic E-state index is 12.8. The molecule has 0 spiro atoms. The fourth-order valence-electron chi connectivity index (χ4n) is 2.31. The van der Waals surface area contributed by atoms with Crippen molar-refractivity contribution in [3.63, 3.8) is 0 Å². The summed E-state index contributed by atoms with van der Waals surface area (Å²) in [5, 5.41) is 2.85. The highest BCUT2D eigenvalue weighted by Gasteiger charge is 2.22. The molecule has 1 amide bonds. The van der Waals surface area contributed by atoms with Crippen molar-refractivity contribution < 1.29 is 13.2 Å². The maximum Gasteiger partial charge on any atom is 0.251 e. The van der Waals surface area contributed by atoms with E-state index in [1.54, 1.807) is 12.1 Å². The lowest BCUT2D eigenvalue weighted by atomic mass is 10.2. The van der Waals surface area contributed by atoms with Gasteiger partial charge in [-0.1, -0.05) is 43.3 Å². The number of carbonyl (C=O) groups is 1. The van der Waals surface area contributed by atoms with Gasteiger partial charge in [-0.05, 0) is 37.1 Å². The molecule has 0 saturated heterocycles. The summed E-state index contributed by atoms with van der Waals surface area (Å²) >= 11 is 0. The second-order valence-electron chi connectivity index (χ2n) is 6.06. The Balaban J connectivity index is 2.21. The molecule has 0 heterocycles. The third kappa shape index (κ3) is 4.90. The van der Waals surface area contributed by atoms with Crippen molar-refractivity contribution in [2.24, 2.45) is 0 Å². The number of nitrogens with zero attached hydrogens (tertiary/aromatic N) is 1. The van der Waals surface area contributed by atoms with Gasteiger partial charge in [0.15, 0.2) is 0 Å². The summed E-state index contributed by atoms with van der Waals surface area (Å²) < 4.78 is 26.9. The van der Waals surface area contributed by atoms with Gasteiger partial charge in [0.05, 0.1) is 4.90 Å². The monoisotopic (exact) mass is 360 g/mol. The normalized spacial score (nSPS) is 12.8. The zero-order chi connectivity index (χ0) is 18.4. The molecular formula is C19H24N2O3S. The topological polar surface area (TPSA) is 66.5 Å². The quantitative estimate of drug-likeness (QED) is 0.825. The molecule has 0 aliphatic heterocycles. The van der Waals surface area contributed by atoms with Crippen LogP contribution in [-0.4, -0.2) is 31.7 Å². The Morgan fingerprint density at radius 2 is 1.80 bits per heavy atom. The number of hydrogen-bond acceptors (Lipinski definition) is 3. The van der Waals surface area contributed by atoms with Crippen molar-refractivity contribution in [3.8, 4) is 0 Å². The van der Waals surface area contributed by atoms with Gasteiger partial charge < -0.3 is 5.32 Å². The molecule has 134 valence electrons. The molecule has 5 nitrogen and oxygen atoms in total. The van der Waals surface area contributed by atoms with Crippen LogP contribution in [0.1, 0.15) is 36.2 Å². The average Bonchev–Trinajstić information content (AvgIpc) is 2.62. The molecule has 0 aliphatic rings. The molecule has 2 aromatic carbocycles. The first kappa shape index (κ1) is 19.1. The number of sulfonamides is 1. The maximum atomic E-state index is 12.8. The van der Waals surface area contributed by atoms with Gasteiger partial charge in [-0.15, -0.1) is 0 Å². The molecular weight excluding hydrogens is 336 g/mol. The molecule has 0 saturated carbocycles. The summed E-state index contributed by atoms with van der Waals surface area (Å²) in [5.74, 6) is -0.267. The molecule has 1 unspecified atom stereocenters. The van der Waals surface area contributed by atoms with Crippen LogP contribution in [-0.2, 0) is 16.6 Å². The van der Waals surface area contributed by atoms with Crippen LogP contribution in [0.25, 0.3) is 0 Å². The van der Waals surface area contributed by atoms with Gasteiger partial charge in [0.2, 0.25) is 10.0 Å². The van der Waals surface area contributed by atoms with E-state index in [0.717, 1.165) is 12.0 Å². The fourth-order valence-corrected chi connectivity index (χ4v) is 3.52. The highest BCUT2D eigenvalue weighted by atomic mass is 32.2. The summed E-state index contributed by atoms with van der Waals surface area (Å²) in [6.45, 7) is 4.16. The first-order valence-corrected chi connectivity index (χ1v) is 9.69. The Hall–Kier alpha value is -2.18. The lowest BCUT2D eigenvalue weighted by molar-refractivity contribution is 0.0939. The number of hydrogen-bond donors (Lipinski definition) is 1. The molecule has 25 heavy (non-hydrogen) atoms. The Morgan fingerprint density at radius 3 is 2.44 bits per heavy atom. The Bertz CT molecular complexity index is 820. The van der Waals surface area contributed by atoms with E-state index in [0.29, 0.717) is 5.56 Å². The van der Waals surface area contributed by atoms with Gasteiger partial charge >= 0.3 is 0 Å². The minimum Gasteiger partial charge on any atom is -0.350 e. The van der Waals surface area contributed by atoms with Crippen LogP contribution in [0.4, 0.5) is 0 Å². The Kier molecular flexibility index (Phi) is 6.33. The first-order valence-electron chi connectivity index (χ1n) is 8.25. The van der Waals surface area contributed by atoms with Crippen LogP contribution in [0.2, 0.25) is 0 Å². The van der Waals surface area contributed by atoms with Crippen LogP contribution in [0.5, 0.6) is 0 Å². The van der Waals surface area contributed by atoms with E-state index in [1.807, 2.05) is 44.2 Å². The van der Waals surface area contributed by atoms with Crippen molar-refractivity contribution in [3.05, 3.63) is 65.7 Å². The van der Waals surface area contributed by atoms with E-state index in [9.17, 15) is 13.2 Å². The third-order valence-electron chi connectivity index (χ3n) is 4.04. The molecule has 0 fully saturated rings. The SMILES string of the molecule is CCC(C)NC(=O)c1cccc(S(=O)(=O)N(C)Cc2ccccc2)c1. The van der Waals surface area contributed by atoms with Gasteiger partial charge in [-0.3, -0.25) is 4.79 Å². The van der Waals surface area contributed by atoms with Crippen molar-refractivity contribution in [1.82, 2.24) is 9.62 Å². The second-order valence-corrected chi connectivity index (χ2v) is 8.10. The van der Waals surface area contributed by atoms with Crippen LogP contribution in [0.3, 0.4) is 0 Å². The fraction of sp³-hybridized carbons (Fsp3) is 0.316. The summed E-state index contributed by atoms with van der Waals surface area (Å²) in [6, 6.07) is 15.6. The summed E-state index contributed by atoms with van der Waals surface area (Å²) in [5.41, 5.74) is 1.24. The van der Waals surface area contributed by atoms with Crippen LogP contribution in [0, 0.1) is 0 Å². The van der Waals surface area contributed by atoms with Gasteiger partial charge in [0.25, 0.3) is 5.91 Å². The second kappa shape index (κ2) is 8.27. The van der Waals surface area contributed by atoms with E-state index >= 15 is 0 Å². The standard InChI is InChI=1S/C19H24N2O3S/c1-4-15(2)20-19(22)17-11-8-12-18(13-17)25(23,24)21(3)14-16-9-6-5-7-10-16/h5-13,15H,4,14H2,1-3H3,(H,20,22). The highest BCUT2D eigenvalue weighted by molar-refractivity contribution is 7.89. The summed E-state index contributed by atoms with van der Waals surface area (Å²) in [6.07, 6.45) is 0.809. The molecule has 0 bridgehead atoms. The van der Waals surface area contributed by atoms with E-state index in [2.05, 4.69) is 5.32 Å². The third-order valence-corrected chi connectivity index (χ3v) is 5.84. The Labute approximate surface area is 149 Å². The van der Waals surface area contributed by atoms with Crippen molar-refractivity contribution in [2.75, 3.05) is 7.05 Å². The largest absolute Gasteiger partial charge is 0.350 e. The van der Waals surface area contributed by atoms with E-state index in [1.165, 1.54) is 23.5 Å². The molecule has 1 N–H and O–H groups in total. The number of amides is 1. The smallest absolute Gasteiger partial charge is 0.251 e. The lowest BCUT2D eigenvalue weighted by Gasteiger charge is -2.18. The molecule has 0 radical (unpaired) electrons. The van der Waals surface area contributed by atoms with Crippen molar-refractivity contribution in [2.45, 2.75) is 37.8 Å². The number of benzene rings is 2. The van der Waals surface area contributed by atoms with E-state index < -0.39 is 10.0 Å². The predicted molar refractivity (Wildman–Crippen MR) is 98.8 cm³/mol. The zero-order valence-electron chi connectivity index (χ0n) is 14.8. The predicted octanol–water partition coefficient (Wildman–Crippen LogP) is 3.04. The van der Waals surface area contributed by atoms with E-state index in [4.69, 9.17) is 0 Å². The van der Waals surface area contributed by atoms with Crippen LogP contribution in [0.15, 0.2) is 59.5 Å². The van der Waals surface area contributed by atoms with E-state index in [-0.39, 0.29) is 23.4 Å². The summed E-state index contributed by atoms with van der Waals surface area (Å²) in [7, 11) is -2.14. The van der Waals surface area contributed by atoms with Crippen LogP contribution < -0.4 is 5.32 Å². The van der Waals surface area contributed by atoms with Gasteiger partial charge in [-0.2, -0.15) is 4.31 Å². The minimum atomic E-state index is -3.67. The highest BCUT2D eigenvalue weighted by Crippen LogP contribution is 2.18. The molecule has 1 atom stereocenters. The Morgan fingerprint density at radius 1 is 1.12 bits per heavy atom. The molecule has 2 rings (SSSR count). The van der Waals surface area contributed by atoms with Gasteiger partial charge in [0.1, 0.15) is 0 Å². The molecule has 0 aliphatic carbocycles. The lowest BCUT2D eigenvalue weighted by Crippen LogP contribution is -2.32. The minimum absolute atomic E-state index is 0.0357.